The second kappa shape index (κ2) is 8.70. The van der Waals surface area contributed by atoms with Crippen LogP contribution in [0.3, 0.4) is 0 Å². The zero-order chi connectivity index (χ0) is 17.4. The number of sulfonamides is 1. The predicted octanol–water partition coefficient (Wildman–Crippen LogP) is 3.01. The SMILES string of the molecule is CCCc1ccc(S(=O)(=O)NCCOc2ccc(OC)cc2)cc1. The second-order valence-corrected chi connectivity index (χ2v) is 7.08. The molecule has 0 heterocycles. The lowest BCUT2D eigenvalue weighted by molar-refractivity contribution is 0.322. The summed E-state index contributed by atoms with van der Waals surface area (Å²) in [6, 6.07) is 14.1. The Kier molecular flexibility index (Phi) is 6.63. The van der Waals surface area contributed by atoms with Gasteiger partial charge in [0, 0.05) is 6.54 Å². The minimum atomic E-state index is -3.51. The largest absolute Gasteiger partial charge is 0.497 e. The topological polar surface area (TPSA) is 64.6 Å². The Hall–Kier alpha value is -2.05. The summed E-state index contributed by atoms with van der Waals surface area (Å²) >= 11 is 0. The van der Waals surface area contributed by atoms with Crippen LogP contribution in [0.5, 0.6) is 11.5 Å². The first-order valence-corrected chi connectivity index (χ1v) is 9.39. The van der Waals surface area contributed by atoms with E-state index in [1.807, 2.05) is 12.1 Å². The van der Waals surface area contributed by atoms with E-state index in [9.17, 15) is 8.42 Å². The molecule has 0 aliphatic rings. The molecular formula is C18H23NO4S. The summed E-state index contributed by atoms with van der Waals surface area (Å²) in [5, 5.41) is 0. The molecule has 0 radical (unpaired) electrons. The molecule has 0 amide bonds. The summed E-state index contributed by atoms with van der Waals surface area (Å²) in [5.41, 5.74) is 1.14. The van der Waals surface area contributed by atoms with Crippen molar-refractivity contribution in [3.63, 3.8) is 0 Å². The van der Waals surface area contributed by atoms with Gasteiger partial charge < -0.3 is 9.47 Å². The van der Waals surface area contributed by atoms with Crippen LogP contribution in [-0.4, -0.2) is 28.7 Å². The third-order valence-electron chi connectivity index (χ3n) is 3.49. The van der Waals surface area contributed by atoms with Crippen molar-refractivity contribution in [2.75, 3.05) is 20.3 Å². The lowest BCUT2D eigenvalue weighted by atomic mass is 10.1. The molecule has 2 aromatic rings. The molecule has 0 aliphatic carbocycles. The molecule has 0 spiro atoms. The van der Waals surface area contributed by atoms with Gasteiger partial charge in [0.25, 0.3) is 0 Å². The van der Waals surface area contributed by atoms with Crippen LogP contribution in [0.4, 0.5) is 0 Å². The van der Waals surface area contributed by atoms with Crippen molar-refractivity contribution in [1.29, 1.82) is 0 Å². The van der Waals surface area contributed by atoms with E-state index in [1.54, 1.807) is 43.5 Å². The van der Waals surface area contributed by atoms with Gasteiger partial charge in [-0.1, -0.05) is 25.5 Å². The number of hydrogen-bond donors (Lipinski definition) is 1. The van der Waals surface area contributed by atoms with Crippen LogP contribution in [0, 0.1) is 0 Å². The monoisotopic (exact) mass is 349 g/mol. The van der Waals surface area contributed by atoms with Gasteiger partial charge in [0.05, 0.1) is 12.0 Å². The van der Waals surface area contributed by atoms with Crippen molar-refractivity contribution >= 4 is 10.0 Å². The van der Waals surface area contributed by atoms with Gasteiger partial charge in [0.1, 0.15) is 18.1 Å². The lowest BCUT2D eigenvalue weighted by Crippen LogP contribution is -2.28. The van der Waals surface area contributed by atoms with Crippen LogP contribution in [0.2, 0.25) is 0 Å². The Bertz CT molecular complexity index is 725. The number of hydrogen-bond acceptors (Lipinski definition) is 4. The fourth-order valence-corrected chi connectivity index (χ4v) is 3.24. The van der Waals surface area contributed by atoms with Gasteiger partial charge in [-0.05, 0) is 48.4 Å². The standard InChI is InChI=1S/C18H23NO4S/c1-3-4-15-5-11-18(12-6-15)24(20,21)19-13-14-23-17-9-7-16(22-2)8-10-17/h5-12,19H,3-4,13-14H2,1-2H3. The fraction of sp³-hybridized carbons (Fsp3) is 0.333. The molecule has 2 aromatic carbocycles. The highest BCUT2D eigenvalue weighted by atomic mass is 32.2. The van der Waals surface area contributed by atoms with Crippen LogP contribution >= 0.6 is 0 Å². The number of methoxy groups -OCH3 is 1. The molecule has 6 heteroatoms. The van der Waals surface area contributed by atoms with Crippen LogP contribution in [0.25, 0.3) is 0 Å². The number of benzene rings is 2. The van der Waals surface area contributed by atoms with Gasteiger partial charge in [-0.3, -0.25) is 0 Å². The Morgan fingerprint density at radius 3 is 2.17 bits per heavy atom. The number of ether oxygens (including phenoxy) is 2. The van der Waals surface area contributed by atoms with Crippen LogP contribution in [-0.2, 0) is 16.4 Å². The molecular weight excluding hydrogens is 326 g/mol. The molecule has 0 aliphatic heterocycles. The van der Waals surface area contributed by atoms with E-state index >= 15 is 0 Å². The Morgan fingerprint density at radius 2 is 1.58 bits per heavy atom. The molecule has 130 valence electrons. The van der Waals surface area contributed by atoms with Gasteiger partial charge in [0.15, 0.2) is 0 Å². The Morgan fingerprint density at radius 1 is 0.958 bits per heavy atom. The number of aryl methyl sites for hydroxylation is 1. The average molecular weight is 349 g/mol. The van der Waals surface area contributed by atoms with E-state index in [4.69, 9.17) is 9.47 Å². The normalized spacial score (nSPS) is 11.2. The summed E-state index contributed by atoms with van der Waals surface area (Å²) in [4.78, 5) is 0.270. The molecule has 5 nitrogen and oxygen atoms in total. The van der Waals surface area contributed by atoms with Crippen molar-refractivity contribution in [1.82, 2.24) is 4.72 Å². The molecule has 0 fully saturated rings. The van der Waals surface area contributed by atoms with Crippen molar-refractivity contribution in [3.05, 3.63) is 54.1 Å². The molecule has 0 aromatic heterocycles. The third-order valence-corrected chi connectivity index (χ3v) is 4.97. The highest BCUT2D eigenvalue weighted by molar-refractivity contribution is 7.89. The van der Waals surface area contributed by atoms with E-state index in [1.165, 1.54) is 0 Å². The van der Waals surface area contributed by atoms with E-state index in [0.29, 0.717) is 5.75 Å². The van der Waals surface area contributed by atoms with E-state index in [-0.39, 0.29) is 18.0 Å². The molecule has 0 unspecified atom stereocenters. The summed E-state index contributed by atoms with van der Waals surface area (Å²) in [6.45, 7) is 2.54. The predicted molar refractivity (Wildman–Crippen MR) is 94.1 cm³/mol. The molecule has 24 heavy (non-hydrogen) atoms. The average Bonchev–Trinajstić information content (AvgIpc) is 2.60. The summed E-state index contributed by atoms with van der Waals surface area (Å²) < 4.78 is 37.5. The van der Waals surface area contributed by atoms with Gasteiger partial charge in [-0.25, -0.2) is 13.1 Å². The van der Waals surface area contributed by atoms with Crippen molar-refractivity contribution in [2.45, 2.75) is 24.7 Å². The van der Waals surface area contributed by atoms with Crippen LogP contribution < -0.4 is 14.2 Å². The number of nitrogens with one attached hydrogen (secondary N) is 1. The first-order chi connectivity index (χ1) is 11.5. The number of rotatable bonds is 9. The van der Waals surface area contributed by atoms with Gasteiger partial charge >= 0.3 is 0 Å². The van der Waals surface area contributed by atoms with Crippen LogP contribution in [0.1, 0.15) is 18.9 Å². The lowest BCUT2D eigenvalue weighted by Gasteiger charge is -2.09. The van der Waals surface area contributed by atoms with Crippen molar-refractivity contribution in [2.24, 2.45) is 0 Å². The van der Waals surface area contributed by atoms with E-state index < -0.39 is 10.0 Å². The summed E-state index contributed by atoms with van der Waals surface area (Å²) in [5.74, 6) is 1.41. The maximum absolute atomic E-state index is 12.2. The smallest absolute Gasteiger partial charge is 0.240 e. The first-order valence-electron chi connectivity index (χ1n) is 7.90. The maximum atomic E-state index is 12.2. The Balaban J connectivity index is 1.83. The zero-order valence-electron chi connectivity index (χ0n) is 14.0. The molecule has 0 saturated heterocycles. The zero-order valence-corrected chi connectivity index (χ0v) is 14.8. The van der Waals surface area contributed by atoms with Gasteiger partial charge in [-0.2, -0.15) is 0 Å². The summed E-state index contributed by atoms with van der Waals surface area (Å²) in [6.07, 6.45) is 1.98. The third kappa shape index (κ3) is 5.25. The molecule has 2 rings (SSSR count). The summed E-state index contributed by atoms with van der Waals surface area (Å²) in [7, 11) is -1.91. The molecule has 0 bridgehead atoms. The highest BCUT2D eigenvalue weighted by Crippen LogP contribution is 2.17. The highest BCUT2D eigenvalue weighted by Gasteiger charge is 2.13. The Labute approximate surface area is 143 Å². The van der Waals surface area contributed by atoms with Crippen LogP contribution in [0.15, 0.2) is 53.4 Å². The van der Waals surface area contributed by atoms with E-state index in [2.05, 4.69) is 11.6 Å². The molecule has 0 saturated carbocycles. The van der Waals surface area contributed by atoms with Gasteiger partial charge in [0.2, 0.25) is 10.0 Å². The minimum Gasteiger partial charge on any atom is -0.497 e. The second-order valence-electron chi connectivity index (χ2n) is 5.32. The molecule has 1 N–H and O–H groups in total. The first kappa shape index (κ1) is 18.3. The van der Waals surface area contributed by atoms with Crippen molar-refractivity contribution in [3.8, 4) is 11.5 Å². The van der Waals surface area contributed by atoms with E-state index in [0.717, 1.165) is 24.2 Å². The fourth-order valence-electron chi connectivity index (χ4n) is 2.22. The molecule has 0 atom stereocenters. The minimum absolute atomic E-state index is 0.199. The maximum Gasteiger partial charge on any atom is 0.240 e. The van der Waals surface area contributed by atoms with Crippen molar-refractivity contribution < 1.29 is 17.9 Å². The quantitative estimate of drug-likeness (QED) is 0.707. The van der Waals surface area contributed by atoms with Gasteiger partial charge in [-0.15, -0.1) is 0 Å².